The molecule has 2 aliphatic heterocycles. The molecule has 0 spiro atoms. The SMILES string of the molecule is C=CCNC(=O)C(=O)C(CCCC)NC(=O)[C@@H]1[C@@H]2[C@H](CN1C(=O)[C@@H](NC(=O)N[C@@H](CN1C(=O)CCC(C)(C)C1=O)C(C)(C)C)C(C)(C)C)C2(C)C. The first-order chi connectivity index (χ1) is 23.4. The van der Waals surface area contributed by atoms with Crippen molar-refractivity contribution >= 4 is 41.4 Å². The molecule has 13 heteroatoms. The molecule has 13 nitrogen and oxygen atoms in total. The predicted octanol–water partition coefficient (Wildman–Crippen LogP) is 3.32. The Labute approximate surface area is 303 Å². The molecule has 7 amide bonds. The van der Waals surface area contributed by atoms with Crippen molar-refractivity contribution in [2.75, 3.05) is 19.6 Å². The number of likely N-dealkylation sites (tertiary alicyclic amines) is 2. The lowest BCUT2D eigenvalue weighted by atomic mass is 9.81. The van der Waals surface area contributed by atoms with Crippen molar-refractivity contribution in [2.45, 2.75) is 132 Å². The molecule has 51 heavy (non-hydrogen) atoms. The molecule has 286 valence electrons. The van der Waals surface area contributed by atoms with Crippen molar-refractivity contribution < 1.29 is 33.6 Å². The zero-order valence-electron chi connectivity index (χ0n) is 32.7. The Hall–Kier alpha value is -3.77. The van der Waals surface area contributed by atoms with Crippen LogP contribution in [0.1, 0.15) is 108 Å². The van der Waals surface area contributed by atoms with Gasteiger partial charge in [-0.25, -0.2) is 4.79 Å². The summed E-state index contributed by atoms with van der Waals surface area (Å²) in [5.41, 5.74) is -2.25. The number of carbonyl (C=O) groups excluding carboxylic acids is 7. The third-order valence-corrected chi connectivity index (χ3v) is 11.1. The van der Waals surface area contributed by atoms with Gasteiger partial charge in [0.05, 0.1) is 12.1 Å². The van der Waals surface area contributed by atoms with Crippen LogP contribution in [0.5, 0.6) is 0 Å². The van der Waals surface area contributed by atoms with Crippen LogP contribution in [0.4, 0.5) is 4.79 Å². The highest BCUT2D eigenvalue weighted by Gasteiger charge is 2.70. The van der Waals surface area contributed by atoms with Crippen LogP contribution in [0.25, 0.3) is 0 Å². The summed E-state index contributed by atoms with van der Waals surface area (Å²) in [4.78, 5) is 96.7. The van der Waals surface area contributed by atoms with E-state index in [1.165, 1.54) is 15.9 Å². The summed E-state index contributed by atoms with van der Waals surface area (Å²) in [6, 6.07) is -4.27. The first kappa shape index (κ1) is 41.6. The highest BCUT2D eigenvalue weighted by atomic mass is 16.2. The number of urea groups is 1. The van der Waals surface area contributed by atoms with Crippen molar-refractivity contribution in [3.63, 3.8) is 0 Å². The minimum absolute atomic E-state index is 0.0114. The highest BCUT2D eigenvalue weighted by Crippen LogP contribution is 2.65. The Morgan fingerprint density at radius 3 is 2.14 bits per heavy atom. The second-order valence-electron chi connectivity index (χ2n) is 18.0. The number of Topliss-reactive ketones (excluding diaryl/α,β-unsaturated/α-hetero) is 1. The van der Waals surface area contributed by atoms with Crippen molar-refractivity contribution in [3.8, 4) is 0 Å². The summed E-state index contributed by atoms with van der Waals surface area (Å²) < 4.78 is 0. The average molecular weight is 715 g/mol. The van der Waals surface area contributed by atoms with E-state index in [4.69, 9.17) is 0 Å². The van der Waals surface area contributed by atoms with Crippen molar-refractivity contribution in [3.05, 3.63) is 12.7 Å². The van der Waals surface area contributed by atoms with Gasteiger partial charge in [-0.3, -0.25) is 33.7 Å². The Balaban J connectivity index is 1.84. The Morgan fingerprint density at radius 2 is 1.59 bits per heavy atom. The maximum atomic E-state index is 14.5. The summed E-state index contributed by atoms with van der Waals surface area (Å²) in [6.07, 6.45) is 3.78. The van der Waals surface area contributed by atoms with Gasteiger partial charge in [-0.1, -0.05) is 95.1 Å². The Kier molecular flexibility index (Phi) is 12.6. The molecule has 1 unspecified atom stereocenters. The van der Waals surface area contributed by atoms with E-state index in [0.717, 1.165) is 6.42 Å². The van der Waals surface area contributed by atoms with Crippen LogP contribution in [-0.4, -0.2) is 95.0 Å². The van der Waals surface area contributed by atoms with Crippen molar-refractivity contribution in [1.82, 2.24) is 31.1 Å². The second kappa shape index (κ2) is 15.5. The van der Waals surface area contributed by atoms with E-state index in [1.54, 1.807) is 0 Å². The molecular weight excluding hydrogens is 652 g/mol. The molecular formula is C38H62N6O7. The fraction of sp³-hybridized carbons (Fsp3) is 0.763. The molecule has 3 aliphatic rings. The number of unbranched alkanes of at least 4 members (excludes halogenated alkanes) is 1. The predicted molar refractivity (Wildman–Crippen MR) is 194 cm³/mol. The van der Waals surface area contributed by atoms with Crippen LogP contribution in [0, 0.1) is 33.5 Å². The third kappa shape index (κ3) is 9.37. The minimum atomic E-state index is -1.05. The van der Waals surface area contributed by atoms with Crippen LogP contribution in [0.2, 0.25) is 0 Å². The topological polar surface area (TPSA) is 174 Å². The normalized spacial score (nSPS) is 24.1. The largest absolute Gasteiger partial charge is 0.346 e. The van der Waals surface area contributed by atoms with E-state index >= 15 is 0 Å². The Bertz CT molecular complexity index is 1410. The molecule has 0 bridgehead atoms. The van der Waals surface area contributed by atoms with Gasteiger partial charge in [0.2, 0.25) is 29.4 Å². The van der Waals surface area contributed by atoms with Crippen LogP contribution in [0.15, 0.2) is 12.7 Å². The molecule has 2 saturated heterocycles. The summed E-state index contributed by atoms with van der Waals surface area (Å²) >= 11 is 0. The molecule has 6 atom stereocenters. The zero-order chi connectivity index (χ0) is 38.9. The van der Waals surface area contributed by atoms with Gasteiger partial charge in [0.15, 0.2) is 0 Å². The second-order valence-corrected chi connectivity index (χ2v) is 18.0. The molecule has 3 rings (SSSR count). The molecule has 0 radical (unpaired) electrons. The maximum absolute atomic E-state index is 14.5. The van der Waals surface area contributed by atoms with E-state index < -0.39 is 69.9 Å². The monoisotopic (exact) mass is 714 g/mol. The van der Waals surface area contributed by atoms with Gasteiger partial charge in [0.1, 0.15) is 12.1 Å². The molecule has 3 fully saturated rings. The number of piperidine rings is 2. The maximum Gasteiger partial charge on any atom is 0.315 e. The van der Waals surface area contributed by atoms with Gasteiger partial charge in [-0.2, -0.15) is 0 Å². The summed E-state index contributed by atoms with van der Waals surface area (Å²) in [5.74, 6) is -3.19. The molecule has 0 aromatic carbocycles. The third-order valence-electron chi connectivity index (χ3n) is 11.1. The molecule has 4 N–H and O–H groups in total. The number of ketones is 1. The average Bonchev–Trinajstić information content (AvgIpc) is 3.33. The van der Waals surface area contributed by atoms with E-state index in [2.05, 4.69) is 27.8 Å². The van der Waals surface area contributed by atoms with Gasteiger partial charge >= 0.3 is 6.03 Å². The fourth-order valence-corrected chi connectivity index (χ4v) is 7.35. The van der Waals surface area contributed by atoms with Gasteiger partial charge < -0.3 is 26.2 Å². The molecule has 1 saturated carbocycles. The van der Waals surface area contributed by atoms with E-state index in [1.807, 2.05) is 76.2 Å². The number of hydrogen-bond donors (Lipinski definition) is 4. The molecule has 0 aromatic heterocycles. The van der Waals surface area contributed by atoms with Gasteiger partial charge in [-0.05, 0) is 40.9 Å². The van der Waals surface area contributed by atoms with Crippen LogP contribution < -0.4 is 21.3 Å². The number of carbonyl (C=O) groups is 7. The quantitative estimate of drug-likeness (QED) is 0.121. The summed E-state index contributed by atoms with van der Waals surface area (Å²) in [5, 5.41) is 11.1. The Morgan fingerprint density at radius 1 is 0.961 bits per heavy atom. The van der Waals surface area contributed by atoms with Crippen LogP contribution in [-0.2, 0) is 28.8 Å². The molecule has 1 aliphatic carbocycles. The van der Waals surface area contributed by atoms with Crippen LogP contribution in [0.3, 0.4) is 0 Å². The number of rotatable bonds is 14. The summed E-state index contributed by atoms with van der Waals surface area (Å²) in [6.45, 7) is 24.8. The number of nitrogens with one attached hydrogen (secondary N) is 4. The van der Waals surface area contributed by atoms with E-state index in [0.29, 0.717) is 19.4 Å². The van der Waals surface area contributed by atoms with E-state index in [-0.39, 0.29) is 55.0 Å². The lowest BCUT2D eigenvalue weighted by molar-refractivity contribution is -0.157. The standard InChI is InChI=1S/C38H62N6O7/c1-13-15-16-23(28(46)31(48)39-19-14-2)40-30(47)27-26-22(38(26,11)12)20-44(27)32(49)29(36(6,7)8)42-34(51)41-24(35(3,4)5)21-43-25(45)17-18-37(9,10)33(43)50/h14,22-24,26-27,29H,2,13,15-21H2,1,3-12H3,(H,39,48)(H,40,47)(H2,41,42,51)/t22-,23?,24-,26-,27-,29+/m0/s1. The van der Waals surface area contributed by atoms with E-state index in [9.17, 15) is 33.6 Å². The molecule has 0 aromatic rings. The lowest BCUT2D eigenvalue weighted by Gasteiger charge is -2.41. The number of imide groups is 1. The zero-order valence-corrected chi connectivity index (χ0v) is 32.7. The van der Waals surface area contributed by atoms with Crippen molar-refractivity contribution in [1.29, 1.82) is 0 Å². The van der Waals surface area contributed by atoms with Gasteiger partial charge in [-0.15, -0.1) is 6.58 Å². The number of fused-ring (bicyclic) bond motifs is 1. The van der Waals surface area contributed by atoms with Crippen LogP contribution >= 0.6 is 0 Å². The highest BCUT2D eigenvalue weighted by molar-refractivity contribution is 6.38. The lowest BCUT2D eigenvalue weighted by Crippen LogP contribution is -2.63. The molecule has 2 heterocycles. The number of amides is 7. The smallest absolute Gasteiger partial charge is 0.315 e. The van der Waals surface area contributed by atoms with Gasteiger partial charge in [0, 0.05) is 31.5 Å². The minimum Gasteiger partial charge on any atom is -0.346 e. The van der Waals surface area contributed by atoms with Crippen molar-refractivity contribution in [2.24, 2.45) is 33.5 Å². The summed E-state index contributed by atoms with van der Waals surface area (Å²) in [7, 11) is 0. The first-order valence-corrected chi connectivity index (χ1v) is 18.4. The fourth-order valence-electron chi connectivity index (χ4n) is 7.35. The van der Waals surface area contributed by atoms with Gasteiger partial charge in [0.25, 0.3) is 5.91 Å². The number of nitrogens with zero attached hydrogens (tertiary/aromatic N) is 2. The number of hydrogen-bond acceptors (Lipinski definition) is 7. The first-order valence-electron chi connectivity index (χ1n) is 18.4.